The Labute approximate surface area is 164 Å². The van der Waals surface area contributed by atoms with Gasteiger partial charge in [0, 0.05) is 30.9 Å². The Morgan fingerprint density at radius 3 is 2.27 bits per heavy atom. The first-order valence-corrected chi connectivity index (χ1v) is 9.89. The molecule has 1 aliphatic rings. The van der Waals surface area contributed by atoms with Crippen molar-refractivity contribution in [2.75, 3.05) is 45.5 Å². The van der Waals surface area contributed by atoms with Crippen LogP contribution in [0.25, 0.3) is 0 Å². The van der Waals surface area contributed by atoms with Crippen LogP contribution in [0.15, 0.2) is 12.1 Å². The van der Waals surface area contributed by atoms with Crippen LogP contribution >= 0.6 is 24.0 Å². The van der Waals surface area contributed by atoms with Crippen molar-refractivity contribution in [1.82, 2.24) is 4.90 Å². The highest BCUT2D eigenvalue weighted by molar-refractivity contribution is 8.23. The van der Waals surface area contributed by atoms with Crippen molar-refractivity contribution in [2.45, 2.75) is 19.8 Å². The van der Waals surface area contributed by atoms with Crippen molar-refractivity contribution in [2.24, 2.45) is 5.92 Å². The summed E-state index contributed by atoms with van der Waals surface area (Å²) in [6.45, 7) is 4.21. The van der Waals surface area contributed by atoms with E-state index < -0.39 is 0 Å². The molecule has 26 heavy (non-hydrogen) atoms. The predicted molar refractivity (Wildman–Crippen MR) is 110 cm³/mol. The fourth-order valence-corrected chi connectivity index (χ4v) is 3.81. The second kappa shape index (κ2) is 9.87. The molecule has 1 N–H and O–H groups in total. The van der Waals surface area contributed by atoms with E-state index in [1.54, 1.807) is 12.1 Å². The van der Waals surface area contributed by atoms with Crippen LogP contribution in [0.5, 0.6) is 17.2 Å². The van der Waals surface area contributed by atoms with E-state index in [4.69, 9.17) is 26.4 Å². The van der Waals surface area contributed by atoms with Crippen molar-refractivity contribution in [1.29, 1.82) is 0 Å². The molecule has 1 aromatic carbocycles. The van der Waals surface area contributed by atoms with Crippen LogP contribution in [0, 0.1) is 5.92 Å². The fraction of sp³-hybridized carbons (Fsp3) is 0.556. The van der Waals surface area contributed by atoms with E-state index in [9.17, 15) is 4.79 Å². The normalized spacial score (nSPS) is 14.7. The second-order valence-electron chi connectivity index (χ2n) is 6.19. The van der Waals surface area contributed by atoms with Crippen LogP contribution in [0.3, 0.4) is 0 Å². The van der Waals surface area contributed by atoms with E-state index in [2.05, 4.69) is 17.1 Å². The number of thioether (sulfide) groups is 1. The van der Waals surface area contributed by atoms with Crippen LogP contribution in [0.4, 0.5) is 5.69 Å². The molecule has 0 saturated carbocycles. The van der Waals surface area contributed by atoms with Crippen LogP contribution in [0.1, 0.15) is 19.8 Å². The first-order chi connectivity index (χ1) is 12.5. The lowest BCUT2D eigenvalue weighted by atomic mass is 10.00. The highest BCUT2D eigenvalue weighted by Crippen LogP contribution is 2.39. The number of methoxy groups -OCH3 is 3. The third kappa shape index (κ3) is 5.41. The third-order valence-corrected chi connectivity index (χ3v) is 5.84. The minimum Gasteiger partial charge on any atom is -0.493 e. The highest BCUT2D eigenvalue weighted by atomic mass is 32.2. The number of hydrogen-bond donors (Lipinski definition) is 1. The summed E-state index contributed by atoms with van der Waals surface area (Å²) in [6, 6.07) is 3.41. The number of carbonyl (C=O) groups excluding carboxylic acids is 1. The maximum atomic E-state index is 12.3. The van der Waals surface area contributed by atoms with Crippen molar-refractivity contribution in [3.05, 3.63) is 12.1 Å². The quantitative estimate of drug-likeness (QED) is 0.737. The average molecular weight is 399 g/mol. The van der Waals surface area contributed by atoms with Gasteiger partial charge in [0.2, 0.25) is 11.7 Å². The SMILES string of the molecule is COc1cc(NC(=O)CSC(=S)N2CCC(C)CC2)cc(OC)c1OC. The lowest BCUT2D eigenvalue weighted by Crippen LogP contribution is -2.36. The summed E-state index contributed by atoms with van der Waals surface area (Å²) in [7, 11) is 4.62. The monoisotopic (exact) mass is 398 g/mol. The molecule has 1 saturated heterocycles. The Kier molecular flexibility index (Phi) is 7.84. The Hall–Kier alpha value is -1.67. The number of ether oxygens (including phenoxy) is 3. The molecule has 1 heterocycles. The minimum atomic E-state index is -0.128. The van der Waals surface area contributed by atoms with Gasteiger partial charge in [-0.2, -0.15) is 0 Å². The molecule has 1 aliphatic heterocycles. The van der Waals surface area contributed by atoms with Crippen molar-refractivity contribution in [3.63, 3.8) is 0 Å². The predicted octanol–water partition coefficient (Wildman–Crippen LogP) is 3.40. The number of amides is 1. The number of nitrogens with zero attached hydrogens (tertiary/aromatic N) is 1. The Morgan fingerprint density at radius 2 is 1.77 bits per heavy atom. The number of likely N-dealkylation sites (tertiary alicyclic amines) is 1. The zero-order valence-electron chi connectivity index (χ0n) is 15.7. The van der Waals surface area contributed by atoms with Gasteiger partial charge in [0.25, 0.3) is 0 Å². The van der Waals surface area contributed by atoms with Gasteiger partial charge in [-0.25, -0.2) is 0 Å². The molecule has 8 heteroatoms. The summed E-state index contributed by atoms with van der Waals surface area (Å²) in [5, 5.41) is 2.85. The van der Waals surface area contributed by atoms with Crippen LogP contribution in [-0.4, -0.2) is 55.3 Å². The summed E-state index contributed by atoms with van der Waals surface area (Å²) < 4.78 is 16.7. The van der Waals surface area contributed by atoms with E-state index in [1.807, 2.05) is 0 Å². The molecule has 2 rings (SSSR count). The Morgan fingerprint density at radius 1 is 1.19 bits per heavy atom. The zero-order valence-corrected chi connectivity index (χ0v) is 17.3. The van der Waals surface area contributed by atoms with Gasteiger partial charge in [-0.3, -0.25) is 4.79 Å². The topological polar surface area (TPSA) is 60.0 Å². The third-order valence-electron chi connectivity index (χ3n) is 4.32. The van der Waals surface area contributed by atoms with E-state index in [1.165, 1.54) is 33.1 Å². The van der Waals surface area contributed by atoms with Crippen LogP contribution < -0.4 is 19.5 Å². The molecule has 0 atom stereocenters. The van der Waals surface area contributed by atoms with E-state index in [0.717, 1.165) is 36.2 Å². The summed E-state index contributed by atoms with van der Waals surface area (Å²) in [5.41, 5.74) is 0.586. The Bertz CT molecular complexity index is 621. The number of piperidine rings is 1. The van der Waals surface area contributed by atoms with Gasteiger partial charge in [0.1, 0.15) is 4.32 Å². The van der Waals surface area contributed by atoms with Gasteiger partial charge in [0.15, 0.2) is 11.5 Å². The molecule has 0 radical (unpaired) electrons. The van der Waals surface area contributed by atoms with Crippen molar-refractivity contribution >= 4 is 39.9 Å². The fourth-order valence-electron chi connectivity index (χ4n) is 2.76. The summed E-state index contributed by atoms with van der Waals surface area (Å²) >= 11 is 6.86. The molecule has 1 aromatic rings. The first kappa shape index (κ1) is 20.6. The number of hydrogen-bond acceptors (Lipinski definition) is 6. The van der Waals surface area contributed by atoms with Crippen LogP contribution in [-0.2, 0) is 4.79 Å². The lowest BCUT2D eigenvalue weighted by molar-refractivity contribution is -0.113. The van der Waals surface area contributed by atoms with Gasteiger partial charge < -0.3 is 24.4 Å². The van der Waals surface area contributed by atoms with Gasteiger partial charge >= 0.3 is 0 Å². The molecule has 1 amide bonds. The van der Waals surface area contributed by atoms with E-state index in [-0.39, 0.29) is 11.7 Å². The zero-order chi connectivity index (χ0) is 19.1. The smallest absolute Gasteiger partial charge is 0.234 e. The number of thiocarbonyl (C=S) groups is 1. The maximum absolute atomic E-state index is 12.3. The highest BCUT2D eigenvalue weighted by Gasteiger charge is 2.19. The molecule has 0 aromatic heterocycles. The number of carbonyl (C=O) groups is 1. The van der Waals surface area contributed by atoms with E-state index >= 15 is 0 Å². The van der Waals surface area contributed by atoms with E-state index in [0.29, 0.717) is 22.9 Å². The Balaban J connectivity index is 1.92. The second-order valence-corrected chi connectivity index (χ2v) is 7.80. The first-order valence-electron chi connectivity index (χ1n) is 8.50. The summed E-state index contributed by atoms with van der Waals surface area (Å²) in [4.78, 5) is 14.5. The number of nitrogens with one attached hydrogen (secondary N) is 1. The summed E-state index contributed by atoms with van der Waals surface area (Å²) in [5.74, 6) is 2.37. The van der Waals surface area contributed by atoms with Crippen molar-refractivity contribution in [3.8, 4) is 17.2 Å². The minimum absolute atomic E-state index is 0.128. The number of benzene rings is 1. The van der Waals surface area contributed by atoms with Gasteiger partial charge in [0.05, 0.1) is 27.1 Å². The molecular formula is C18H26N2O4S2. The average Bonchev–Trinajstić information content (AvgIpc) is 2.65. The molecule has 144 valence electrons. The molecule has 0 aliphatic carbocycles. The van der Waals surface area contributed by atoms with Crippen LogP contribution in [0.2, 0.25) is 0 Å². The van der Waals surface area contributed by atoms with Gasteiger partial charge in [-0.05, 0) is 18.8 Å². The summed E-state index contributed by atoms with van der Waals surface area (Å²) in [6.07, 6.45) is 2.30. The van der Waals surface area contributed by atoms with Gasteiger partial charge in [-0.15, -0.1) is 0 Å². The molecular weight excluding hydrogens is 372 g/mol. The molecule has 1 fully saturated rings. The maximum Gasteiger partial charge on any atom is 0.234 e. The molecule has 0 spiro atoms. The largest absolute Gasteiger partial charge is 0.493 e. The van der Waals surface area contributed by atoms with Gasteiger partial charge in [-0.1, -0.05) is 30.9 Å². The standard InChI is InChI=1S/C18H26N2O4S2/c1-12-5-7-20(8-6-12)18(25)26-11-16(21)19-13-9-14(22-2)17(24-4)15(10-13)23-3/h9-10,12H,5-8,11H2,1-4H3,(H,19,21). The molecule has 0 bridgehead atoms. The van der Waals surface area contributed by atoms with Crippen molar-refractivity contribution < 1.29 is 19.0 Å². The number of anilines is 1. The molecule has 6 nitrogen and oxygen atoms in total. The lowest BCUT2D eigenvalue weighted by Gasteiger charge is -2.31. The molecule has 0 unspecified atom stereocenters. The number of rotatable bonds is 6.